The van der Waals surface area contributed by atoms with Crippen molar-refractivity contribution in [3.05, 3.63) is 71.9 Å². The first kappa shape index (κ1) is 20.0. The Morgan fingerprint density at radius 1 is 1.23 bits per heavy atom. The van der Waals surface area contributed by atoms with E-state index in [4.69, 9.17) is 4.74 Å². The SMILES string of the molecule is CCC1CN2CCC1C[C@@H]2[C@@H](OC(=O)c1ccccc1)c1ccnc2ccc(O)cc12. The maximum absolute atomic E-state index is 13.1. The molecular formula is C26H28N2O3. The van der Waals surface area contributed by atoms with Crippen LogP contribution in [0, 0.1) is 11.8 Å². The summed E-state index contributed by atoms with van der Waals surface area (Å²) in [6, 6.07) is 16.4. The number of pyridine rings is 1. The van der Waals surface area contributed by atoms with E-state index in [1.807, 2.05) is 30.3 Å². The van der Waals surface area contributed by atoms with E-state index in [1.54, 1.807) is 30.5 Å². The summed E-state index contributed by atoms with van der Waals surface area (Å²) >= 11 is 0. The molecule has 3 saturated heterocycles. The van der Waals surface area contributed by atoms with E-state index in [2.05, 4.69) is 16.8 Å². The average Bonchev–Trinajstić information content (AvgIpc) is 2.83. The topological polar surface area (TPSA) is 62.7 Å². The van der Waals surface area contributed by atoms with E-state index in [9.17, 15) is 9.90 Å². The first-order valence-electron chi connectivity index (χ1n) is 11.2. The number of hydrogen-bond acceptors (Lipinski definition) is 5. The highest BCUT2D eigenvalue weighted by Gasteiger charge is 2.44. The molecule has 0 radical (unpaired) electrons. The molecule has 3 fully saturated rings. The minimum Gasteiger partial charge on any atom is -0.508 e. The molecule has 1 N–H and O–H groups in total. The van der Waals surface area contributed by atoms with Crippen molar-refractivity contribution < 1.29 is 14.6 Å². The fourth-order valence-corrected chi connectivity index (χ4v) is 5.47. The van der Waals surface area contributed by atoms with Crippen LogP contribution >= 0.6 is 0 Å². The zero-order chi connectivity index (χ0) is 21.4. The van der Waals surface area contributed by atoms with Crippen LogP contribution in [0.15, 0.2) is 60.8 Å². The lowest BCUT2D eigenvalue weighted by molar-refractivity contribution is -0.0659. The molecule has 0 saturated carbocycles. The van der Waals surface area contributed by atoms with Crippen molar-refractivity contribution >= 4 is 16.9 Å². The normalized spacial score (nSPS) is 26.0. The molecule has 3 aromatic rings. The number of ether oxygens (including phenoxy) is 1. The number of fused-ring (bicyclic) bond motifs is 4. The molecule has 5 heteroatoms. The van der Waals surface area contributed by atoms with Gasteiger partial charge >= 0.3 is 5.97 Å². The van der Waals surface area contributed by atoms with E-state index in [0.29, 0.717) is 17.4 Å². The van der Waals surface area contributed by atoms with Crippen molar-refractivity contribution in [1.82, 2.24) is 9.88 Å². The number of hydrogen-bond donors (Lipinski definition) is 1. The lowest BCUT2D eigenvalue weighted by atomic mass is 9.72. The smallest absolute Gasteiger partial charge is 0.338 e. The van der Waals surface area contributed by atoms with Gasteiger partial charge in [-0.1, -0.05) is 31.5 Å². The summed E-state index contributed by atoms with van der Waals surface area (Å²) in [4.78, 5) is 20.1. The molecule has 2 bridgehead atoms. The van der Waals surface area contributed by atoms with Crippen molar-refractivity contribution in [3.8, 4) is 5.75 Å². The van der Waals surface area contributed by atoms with Gasteiger partial charge in [-0.2, -0.15) is 0 Å². The summed E-state index contributed by atoms with van der Waals surface area (Å²) in [5.41, 5.74) is 2.25. The van der Waals surface area contributed by atoms with Gasteiger partial charge in [-0.25, -0.2) is 4.79 Å². The first-order chi connectivity index (χ1) is 15.1. The zero-order valence-electron chi connectivity index (χ0n) is 17.8. The maximum atomic E-state index is 13.1. The van der Waals surface area contributed by atoms with Crippen molar-refractivity contribution in [2.45, 2.75) is 38.3 Å². The number of phenolic OH excluding ortho intramolecular Hbond substituents is 1. The summed E-state index contributed by atoms with van der Waals surface area (Å²) < 4.78 is 6.24. The van der Waals surface area contributed by atoms with Crippen LogP contribution in [0.4, 0.5) is 0 Å². The van der Waals surface area contributed by atoms with Crippen molar-refractivity contribution in [1.29, 1.82) is 0 Å². The van der Waals surface area contributed by atoms with Crippen LogP contribution in [-0.4, -0.2) is 40.1 Å². The average molecular weight is 417 g/mol. The van der Waals surface area contributed by atoms with Crippen LogP contribution in [0.2, 0.25) is 0 Å². The van der Waals surface area contributed by atoms with Gasteiger partial charge < -0.3 is 9.84 Å². The fourth-order valence-electron chi connectivity index (χ4n) is 5.47. The largest absolute Gasteiger partial charge is 0.508 e. The summed E-state index contributed by atoms with van der Waals surface area (Å²) in [6.07, 6.45) is 4.78. The van der Waals surface area contributed by atoms with Crippen molar-refractivity contribution in [3.63, 3.8) is 0 Å². The highest BCUT2D eigenvalue weighted by molar-refractivity contribution is 5.90. The molecule has 1 aromatic heterocycles. The lowest BCUT2D eigenvalue weighted by Crippen LogP contribution is -2.55. The predicted octanol–water partition coefficient (Wildman–Crippen LogP) is 4.96. The van der Waals surface area contributed by atoms with Gasteiger partial charge in [0.15, 0.2) is 0 Å². The van der Waals surface area contributed by atoms with E-state index in [-0.39, 0.29) is 17.8 Å². The van der Waals surface area contributed by atoms with Gasteiger partial charge in [-0.15, -0.1) is 0 Å². The predicted molar refractivity (Wildman–Crippen MR) is 120 cm³/mol. The number of aromatic hydroxyl groups is 1. The Balaban J connectivity index is 1.56. The third kappa shape index (κ3) is 3.79. The van der Waals surface area contributed by atoms with Crippen LogP contribution in [0.1, 0.15) is 48.2 Å². The first-order valence-corrected chi connectivity index (χ1v) is 11.2. The second kappa shape index (κ2) is 8.31. The molecule has 6 rings (SSSR count). The highest BCUT2D eigenvalue weighted by atomic mass is 16.5. The molecular weight excluding hydrogens is 388 g/mol. The Kier molecular flexibility index (Phi) is 5.36. The molecule has 3 aliphatic rings. The lowest BCUT2D eigenvalue weighted by Gasteiger charge is -2.51. The van der Waals surface area contributed by atoms with Gasteiger partial charge in [0, 0.05) is 23.7 Å². The van der Waals surface area contributed by atoms with Crippen LogP contribution in [0.3, 0.4) is 0 Å². The van der Waals surface area contributed by atoms with E-state index < -0.39 is 6.10 Å². The molecule has 2 aromatic carbocycles. The molecule has 0 aliphatic carbocycles. The standard InChI is InChI=1S/C26H28N2O3/c1-2-17-16-28-13-11-19(17)14-24(28)25(31-26(30)18-6-4-3-5-7-18)21-10-12-27-23-9-8-20(29)15-22(21)23/h3-10,12,15,17,19,24-25,29H,2,11,13-14,16H2,1H3/t17?,19?,24-,25+/m1/s1. The molecule has 0 amide bonds. The molecule has 4 heterocycles. The Morgan fingerprint density at radius 2 is 2.06 bits per heavy atom. The number of carbonyl (C=O) groups is 1. The molecule has 3 aliphatic heterocycles. The van der Waals surface area contributed by atoms with E-state index in [1.165, 1.54) is 12.8 Å². The number of aromatic nitrogens is 1. The summed E-state index contributed by atoms with van der Waals surface area (Å²) in [6.45, 7) is 4.37. The Hall–Kier alpha value is -2.92. The minimum atomic E-state index is -0.416. The maximum Gasteiger partial charge on any atom is 0.338 e. The van der Waals surface area contributed by atoms with Crippen LogP contribution in [0.5, 0.6) is 5.75 Å². The Bertz CT molecular complexity index is 1080. The third-order valence-corrected chi connectivity index (χ3v) is 7.12. The van der Waals surface area contributed by atoms with Gasteiger partial charge in [0.05, 0.1) is 17.1 Å². The Morgan fingerprint density at radius 3 is 2.81 bits per heavy atom. The molecule has 160 valence electrons. The van der Waals surface area contributed by atoms with E-state index >= 15 is 0 Å². The van der Waals surface area contributed by atoms with Crippen LogP contribution < -0.4 is 0 Å². The van der Waals surface area contributed by atoms with Gasteiger partial charge in [0.1, 0.15) is 11.9 Å². The molecule has 5 nitrogen and oxygen atoms in total. The molecule has 0 spiro atoms. The monoisotopic (exact) mass is 416 g/mol. The number of rotatable bonds is 5. The van der Waals surface area contributed by atoms with Crippen LogP contribution in [-0.2, 0) is 4.74 Å². The van der Waals surface area contributed by atoms with Gasteiger partial charge in [0.25, 0.3) is 0 Å². The third-order valence-electron chi connectivity index (χ3n) is 7.12. The van der Waals surface area contributed by atoms with Gasteiger partial charge in [-0.3, -0.25) is 9.88 Å². The summed E-state index contributed by atoms with van der Waals surface area (Å²) in [5.74, 6) is 1.25. The molecule has 3 unspecified atom stereocenters. The van der Waals surface area contributed by atoms with Crippen molar-refractivity contribution in [2.24, 2.45) is 11.8 Å². The molecule has 5 atom stereocenters. The van der Waals surface area contributed by atoms with Crippen LogP contribution in [0.25, 0.3) is 10.9 Å². The quantitative estimate of drug-likeness (QED) is 0.596. The molecule has 31 heavy (non-hydrogen) atoms. The number of nitrogens with zero attached hydrogens (tertiary/aromatic N) is 2. The summed E-state index contributed by atoms with van der Waals surface area (Å²) in [7, 11) is 0. The number of benzene rings is 2. The fraction of sp³-hybridized carbons (Fsp3) is 0.385. The number of carbonyl (C=O) groups excluding carboxylic acids is 1. The van der Waals surface area contributed by atoms with Crippen molar-refractivity contribution in [2.75, 3.05) is 13.1 Å². The van der Waals surface area contributed by atoms with Gasteiger partial charge in [-0.05, 0) is 67.6 Å². The van der Waals surface area contributed by atoms with E-state index in [0.717, 1.165) is 36.0 Å². The number of phenols is 1. The number of piperidine rings is 3. The zero-order valence-corrected chi connectivity index (χ0v) is 17.8. The minimum absolute atomic E-state index is 0.127. The Labute approximate surface area is 182 Å². The highest BCUT2D eigenvalue weighted by Crippen LogP contribution is 2.44. The second-order valence-corrected chi connectivity index (χ2v) is 8.81. The second-order valence-electron chi connectivity index (χ2n) is 8.81. The van der Waals surface area contributed by atoms with Gasteiger partial charge in [0.2, 0.25) is 0 Å². The number of esters is 1. The summed E-state index contributed by atoms with van der Waals surface area (Å²) in [5, 5.41) is 11.0.